The van der Waals surface area contributed by atoms with Gasteiger partial charge in [0.25, 0.3) is 0 Å². The van der Waals surface area contributed by atoms with Crippen LogP contribution in [-0.4, -0.2) is 0 Å². The molecule has 0 aliphatic heterocycles. The summed E-state index contributed by atoms with van der Waals surface area (Å²) in [6, 6.07) is 8.54. The second-order valence-corrected chi connectivity index (χ2v) is 3.67. The van der Waals surface area contributed by atoms with Gasteiger partial charge in [0, 0.05) is 6.42 Å². The van der Waals surface area contributed by atoms with Gasteiger partial charge in [0.15, 0.2) is 0 Å². The fourth-order valence-corrected chi connectivity index (χ4v) is 1.65. The van der Waals surface area contributed by atoms with E-state index in [1.807, 2.05) is 0 Å². The summed E-state index contributed by atoms with van der Waals surface area (Å²) in [5.74, 6) is 0. The van der Waals surface area contributed by atoms with E-state index in [1.165, 1.54) is 29.5 Å². The van der Waals surface area contributed by atoms with Gasteiger partial charge in [-0.2, -0.15) is 0 Å². The molecule has 1 aromatic carbocycles. The van der Waals surface area contributed by atoms with E-state index in [2.05, 4.69) is 43.7 Å². The molecule has 1 aromatic rings. The molecule has 0 spiro atoms. The molecule has 0 unspecified atom stereocenters. The minimum absolute atomic E-state index is 1.20. The molecule has 3 heteroatoms. The Balaban J connectivity index is 0.000000337. The molecular weight excluding hydrogens is 273 g/mol. The van der Waals surface area contributed by atoms with Crippen LogP contribution in [0, 0.1) is 6.42 Å². The van der Waals surface area contributed by atoms with Crippen molar-refractivity contribution in [1.29, 1.82) is 0 Å². The van der Waals surface area contributed by atoms with Crippen LogP contribution in [0.5, 0.6) is 0 Å². The quantitative estimate of drug-likeness (QED) is 0.761. The number of halogens is 2. The van der Waals surface area contributed by atoms with Crippen LogP contribution in [0.25, 0.3) is 6.08 Å². The average Bonchev–Trinajstić information content (AvgIpc) is 2.61. The van der Waals surface area contributed by atoms with Gasteiger partial charge >= 0.3 is 29.7 Å². The minimum atomic E-state index is -2.77. The topological polar surface area (TPSA) is 0 Å². The van der Waals surface area contributed by atoms with Crippen LogP contribution in [0.3, 0.4) is 0 Å². The predicted molar refractivity (Wildman–Crippen MR) is 54.9 cm³/mol. The van der Waals surface area contributed by atoms with E-state index < -0.39 is 24.5 Å². The third kappa shape index (κ3) is 3.98. The van der Waals surface area contributed by atoms with Gasteiger partial charge in [-0.05, 0) is 17.5 Å². The molecule has 1 aliphatic rings. The Bertz CT molecular complexity index is 334. The van der Waals surface area contributed by atoms with E-state index in [0.29, 0.717) is 0 Å². The van der Waals surface area contributed by atoms with E-state index in [-0.39, 0.29) is 0 Å². The summed E-state index contributed by atoms with van der Waals surface area (Å²) in [6.45, 7) is 2.22. The summed E-state index contributed by atoms with van der Waals surface area (Å²) in [6.07, 6.45) is 7.02. The number of rotatable bonds is 2. The zero-order valence-corrected chi connectivity index (χ0v) is 11.1. The maximum atomic E-state index is 9.80. The molecule has 1 aliphatic carbocycles. The van der Waals surface area contributed by atoms with E-state index in [1.54, 1.807) is 0 Å². The first-order valence-electron chi connectivity index (χ1n) is 4.92. The molecule has 0 N–H and O–H groups in total. The van der Waals surface area contributed by atoms with Crippen LogP contribution >= 0.6 is 0 Å². The summed E-state index contributed by atoms with van der Waals surface area (Å²) < 4.78 is 19.6. The van der Waals surface area contributed by atoms with Crippen LogP contribution in [0.4, 0.5) is 5.25 Å². The first-order valence-corrected chi connectivity index (χ1v) is 6.78. The molecule has 0 bridgehead atoms. The SMILES string of the molecule is CCCC1=Cc2ccccc2[CH]1.[F][Zr][F]. The van der Waals surface area contributed by atoms with Gasteiger partial charge in [-0.25, -0.2) is 0 Å². The fourth-order valence-electron chi connectivity index (χ4n) is 1.65. The van der Waals surface area contributed by atoms with E-state index >= 15 is 0 Å². The van der Waals surface area contributed by atoms with Crippen molar-refractivity contribution < 1.29 is 29.7 Å². The zero-order chi connectivity index (χ0) is 11.1. The molecule has 0 atom stereocenters. The zero-order valence-electron chi connectivity index (χ0n) is 8.63. The number of benzene rings is 1. The molecular formula is C12H13F2Zr. The summed E-state index contributed by atoms with van der Waals surface area (Å²) in [7, 11) is 0. The van der Waals surface area contributed by atoms with E-state index in [4.69, 9.17) is 0 Å². The molecule has 0 saturated heterocycles. The Hall–Kier alpha value is -0.297. The summed E-state index contributed by atoms with van der Waals surface area (Å²) in [4.78, 5) is 0. The number of hydrogen-bond acceptors (Lipinski definition) is 0. The van der Waals surface area contributed by atoms with Crippen LogP contribution in [-0.2, 0) is 24.5 Å². The molecule has 0 amide bonds. The van der Waals surface area contributed by atoms with Crippen LogP contribution < -0.4 is 0 Å². The standard InChI is InChI=1S/C12H13.2FH.Zr/c1-2-5-10-8-11-6-3-4-7-12(11)9-10;;;/h3-4,6-9H,2,5H2,1H3;2*1H;/q;;;+2/p-2. The third-order valence-corrected chi connectivity index (χ3v) is 2.22. The van der Waals surface area contributed by atoms with Crippen molar-refractivity contribution in [2.75, 3.05) is 0 Å². The second-order valence-electron chi connectivity index (χ2n) is 3.31. The first kappa shape index (κ1) is 12.8. The van der Waals surface area contributed by atoms with Gasteiger partial charge in [0.05, 0.1) is 0 Å². The Morgan fingerprint density at radius 2 is 1.73 bits per heavy atom. The molecule has 79 valence electrons. The number of fused-ring (bicyclic) bond motifs is 1. The van der Waals surface area contributed by atoms with Gasteiger partial charge < -0.3 is 0 Å². The molecule has 0 aromatic heterocycles. The number of hydrogen-bond donors (Lipinski definition) is 0. The maximum absolute atomic E-state index is 9.80. The summed E-state index contributed by atoms with van der Waals surface area (Å²) in [5.41, 5.74) is 4.22. The Labute approximate surface area is 103 Å². The van der Waals surface area contributed by atoms with Gasteiger partial charge in [-0.1, -0.05) is 49.3 Å². The van der Waals surface area contributed by atoms with Crippen molar-refractivity contribution in [3.05, 3.63) is 47.4 Å². The Kier molecular flexibility index (Phi) is 6.01. The summed E-state index contributed by atoms with van der Waals surface area (Å²) in [5, 5.41) is 0. The van der Waals surface area contributed by atoms with Crippen molar-refractivity contribution in [1.82, 2.24) is 0 Å². The first-order chi connectivity index (χ1) is 7.31. The van der Waals surface area contributed by atoms with Gasteiger partial charge in [-0.3, -0.25) is 0 Å². The van der Waals surface area contributed by atoms with E-state index in [0.717, 1.165) is 0 Å². The van der Waals surface area contributed by atoms with Gasteiger partial charge in [0.1, 0.15) is 0 Å². The molecule has 0 nitrogen and oxygen atoms in total. The average molecular weight is 286 g/mol. The van der Waals surface area contributed by atoms with Crippen LogP contribution in [0.2, 0.25) is 0 Å². The molecule has 0 fully saturated rings. The number of allylic oxidation sites excluding steroid dienone is 1. The summed E-state index contributed by atoms with van der Waals surface area (Å²) >= 11 is -2.77. The van der Waals surface area contributed by atoms with Crippen LogP contribution in [0.1, 0.15) is 30.9 Å². The van der Waals surface area contributed by atoms with Crippen molar-refractivity contribution in [2.24, 2.45) is 0 Å². The van der Waals surface area contributed by atoms with Crippen molar-refractivity contribution >= 4 is 6.08 Å². The van der Waals surface area contributed by atoms with Gasteiger partial charge in [0.2, 0.25) is 0 Å². The molecule has 15 heavy (non-hydrogen) atoms. The fraction of sp³-hybridized carbons (Fsp3) is 0.250. The van der Waals surface area contributed by atoms with Crippen molar-refractivity contribution in [3.63, 3.8) is 0 Å². The molecule has 2 rings (SSSR count). The third-order valence-electron chi connectivity index (χ3n) is 2.22. The molecule has 0 saturated carbocycles. The van der Waals surface area contributed by atoms with Crippen molar-refractivity contribution in [2.45, 2.75) is 19.8 Å². The Morgan fingerprint density at radius 1 is 1.13 bits per heavy atom. The van der Waals surface area contributed by atoms with Gasteiger partial charge in [-0.15, -0.1) is 0 Å². The second kappa shape index (κ2) is 7.06. The Morgan fingerprint density at radius 3 is 2.27 bits per heavy atom. The van der Waals surface area contributed by atoms with E-state index in [9.17, 15) is 5.25 Å². The molecule has 1 radical (unpaired) electrons. The monoisotopic (exact) mass is 285 g/mol. The predicted octanol–water partition coefficient (Wildman–Crippen LogP) is 4.27. The normalized spacial score (nSPS) is 12.3. The molecule has 0 heterocycles. The van der Waals surface area contributed by atoms with Crippen LogP contribution in [0.15, 0.2) is 29.8 Å². The van der Waals surface area contributed by atoms with Crippen molar-refractivity contribution in [3.8, 4) is 0 Å².